The number of halogens is 2. The van der Waals surface area contributed by atoms with E-state index in [1.54, 1.807) is 29.5 Å². The highest BCUT2D eigenvalue weighted by Crippen LogP contribution is 2.24. The van der Waals surface area contributed by atoms with E-state index in [0.717, 1.165) is 21.6 Å². The van der Waals surface area contributed by atoms with Gasteiger partial charge in [-0.3, -0.25) is 0 Å². The van der Waals surface area contributed by atoms with Crippen molar-refractivity contribution in [2.24, 2.45) is 0 Å². The fourth-order valence-electron chi connectivity index (χ4n) is 2.39. The van der Waals surface area contributed by atoms with E-state index in [1.807, 2.05) is 24.3 Å². The molecular weight excluding hydrogens is 399 g/mol. The molecule has 1 heterocycles. The number of hydrogen-bond donors (Lipinski definition) is 1. The summed E-state index contributed by atoms with van der Waals surface area (Å²) >= 11 is 13.4. The van der Waals surface area contributed by atoms with Crippen LogP contribution in [0.25, 0.3) is 10.2 Å². The molecule has 1 aromatic heterocycles. The predicted molar refractivity (Wildman–Crippen MR) is 105 cm³/mol. The zero-order valence-electron chi connectivity index (χ0n) is 13.2. The van der Waals surface area contributed by atoms with Gasteiger partial charge in [-0.05, 0) is 36.2 Å². The lowest BCUT2D eigenvalue weighted by atomic mass is 10.2. The van der Waals surface area contributed by atoms with Crippen molar-refractivity contribution in [2.45, 2.75) is 18.6 Å². The van der Waals surface area contributed by atoms with Gasteiger partial charge in [-0.2, -0.15) is 0 Å². The van der Waals surface area contributed by atoms with Gasteiger partial charge in [0, 0.05) is 13.0 Å². The number of aryl methyl sites for hydroxylation is 1. The van der Waals surface area contributed by atoms with Gasteiger partial charge in [0.25, 0.3) is 0 Å². The van der Waals surface area contributed by atoms with Crippen molar-refractivity contribution < 1.29 is 8.42 Å². The van der Waals surface area contributed by atoms with Crippen LogP contribution in [0.5, 0.6) is 0 Å². The predicted octanol–water partition coefficient (Wildman–Crippen LogP) is 4.66. The van der Waals surface area contributed by atoms with E-state index in [2.05, 4.69) is 9.71 Å². The number of hydrogen-bond acceptors (Lipinski definition) is 4. The van der Waals surface area contributed by atoms with Crippen LogP contribution >= 0.6 is 34.5 Å². The molecule has 4 nitrogen and oxygen atoms in total. The molecule has 0 fully saturated rings. The maximum absolute atomic E-state index is 12.1. The van der Waals surface area contributed by atoms with E-state index >= 15 is 0 Å². The molecule has 0 saturated heterocycles. The molecule has 3 aromatic rings. The molecule has 25 heavy (non-hydrogen) atoms. The number of nitrogens with zero attached hydrogens (tertiary/aromatic N) is 1. The molecule has 0 amide bonds. The first-order valence-corrected chi connectivity index (χ1v) is 10.9. The van der Waals surface area contributed by atoms with Crippen LogP contribution in [0, 0.1) is 0 Å². The summed E-state index contributed by atoms with van der Waals surface area (Å²) in [6.45, 7) is 0.375. The number of thiazole rings is 1. The van der Waals surface area contributed by atoms with Crippen molar-refractivity contribution >= 4 is 54.8 Å². The van der Waals surface area contributed by atoms with Crippen LogP contribution in [0.1, 0.15) is 17.0 Å². The van der Waals surface area contributed by atoms with E-state index in [-0.39, 0.29) is 5.75 Å². The van der Waals surface area contributed by atoms with Crippen molar-refractivity contribution in [1.29, 1.82) is 0 Å². The van der Waals surface area contributed by atoms with Gasteiger partial charge in [-0.15, -0.1) is 11.3 Å². The summed E-state index contributed by atoms with van der Waals surface area (Å²) in [5.41, 5.74) is 1.59. The molecule has 3 rings (SSSR count). The Hall–Kier alpha value is -1.18. The number of nitrogens with one attached hydrogen (secondary N) is 1. The fourth-order valence-corrected chi connectivity index (χ4v) is 4.90. The monoisotopic (exact) mass is 414 g/mol. The average molecular weight is 415 g/mol. The molecule has 1 N–H and O–H groups in total. The second-order valence-electron chi connectivity index (χ2n) is 5.58. The molecule has 2 aromatic carbocycles. The van der Waals surface area contributed by atoms with Gasteiger partial charge in [-0.1, -0.05) is 41.4 Å². The van der Waals surface area contributed by atoms with Gasteiger partial charge < -0.3 is 0 Å². The minimum atomic E-state index is -3.41. The lowest BCUT2D eigenvalue weighted by Crippen LogP contribution is -2.26. The van der Waals surface area contributed by atoms with Crippen LogP contribution in [0.3, 0.4) is 0 Å². The van der Waals surface area contributed by atoms with Gasteiger partial charge in [0.1, 0.15) is 0 Å². The van der Waals surface area contributed by atoms with Crippen LogP contribution in [0.15, 0.2) is 42.5 Å². The highest BCUT2D eigenvalue weighted by molar-refractivity contribution is 7.88. The molecular formula is C17H16Cl2N2O2S2. The van der Waals surface area contributed by atoms with Gasteiger partial charge in [0.15, 0.2) is 0 Å². The number of aromatic nitrogens is 1. The van der Waals surface area contributed by atoms with E-state index in [1.165, 1.54) is 0 Å². The first-order valence-electron chi connectivity index (χ1n) is 7.69. The summed E-state index contributed by atoms with van der Waals surface area (Å²) in [7, 11) is -3.41. The maximum atomic E-state index is 12.1. The summed E-state index contributed by atoms with van der Waals surface area (Å²) in [4.78, 5) is 4.55. The Morgan fingerprint density at radius 2 is 1.88 bits per heavy atom. The Morgan fingerprint density at radius 3 is 2.64 bits per heavy atom. The van der Waals surface area contributed by atoms with Crippen molar-refractivity contribution in [1.82, 2.24) is 9.71 Å². The zero-order valence-corrected chi connectivity index (χ0v) is 16.4. The number of benzene rings is 2. The SMILES string of the molecule is O=S(=O)(Cc1ccc(Cl)c(Cl)c1)NCCCc1nc2ccccc2s1. The summed E-state index contributed by atoms with van der Waals surface area (Å²) in [5, 5.41) is 1.78. The van der Waals surface area contributed by atoms with Crippen LogP contribution < -0.4 is 4.72 Å². The minimum Gasteiger partial charge on any atom is -0.241 e. The van der Waals surface area contributed by atoms with E-state index < -0.39 is 10.0 Å². The van der Waals surface area contributed by atoms with Crippen LogP contribution in [-0.4, -0.2) is 19.9 Å². The van der Waals surface area contributed by atoms with Crippen molar-refractivity contribution in [3.8, 4) is 0 Å². The lowest BCUT2D eigenvalue weighted by Gasteiger charge is -2.07. The molecule has 0 aliphatic heterocycles. The number of para-hydroxylation sites is 1. The Balaban J connectivity index is 1.51. The molecule has 0 aliphatic rings. The third-order valence-electron chi connectivity index (χ3n) is 3.57. The van der Waals surface area contributed by atoms with Crippen LogP contribution in [-0.2, 0) is 22.2 Å². The van der Waals surface area contributed by atoms with E-state index in [9.17, 15) is 8.42 Å². The summed E-state index contributed by atoms with van der Waals surface area (Å²) in [6.07, 6.45) is 1.44. The quantitative estimate of drug-likeness (QED) is 0.572. The minimum absolute atomic E-state index is 0.120. The highest BCUT2D eigenvalue weighted by atomic mass is 35.5. The molecule has 0 unspecified atom stereocenters. The van der Waals surface area contributed by atoms with Gasteiger partial charge in [0.2, 0.25) is 10.0 Å². The number of rotatable bonds is 7. The molecule has 0 atom stereocenters. The average Bonchev–Trinajstić information content (AvgIpc) is 2.98. The smallest absolute Gasteiger partial charge is 0.215 e. The first kappa shape index (κ1) is 18.6. The Labute approximate surface area is 160 Å². The van der Waals surface area contributed by atoms with Crippen LogP contribution in [0.2, 0.25) is 10.0 Å². The molecule has 0 saturated carbocycles. The maximum Gasteiger partial charge on any atom is 0.215 e. The van der Waals surface area contributed by atoms with Crippen molar-refractivity contribution in [3.05, 3.63) is 63.1 Å². The largest absolute Gasteiger partial charge is 0.241 e. The molecule has 0 bridgehead atoms. The lowest BCUT2D eigenvalue weighted by molar-refractivity contribution is 0.578. The normalized spacial score (nSPS) is 11.9. The topological polar surface area (TPSA) is 59.1 Å². The Kier molecular flexibility index (Phi) is 5.96. The second-order valence-corrected chi connectivity index (χ2v) is 9.32. The summed E-state index contributed by atoms with van der Waals surface area (Å²) < 4.78 is 28.1. The van der Waals surface area contributed by atoms with Crippen molar-refractivity contribution in [3.63, 3.8) is 0 Å². The molecule has 0 radical (unpaired) electrons. The van der Waals surface area contributed by atoms with Gasteiger partial charge >= 0.3 is 0 Å². The molecule has 132 valence electrons. The van der Waals surface area contributed by atoms with Gasteiger partial charge in [0.05, 0.1) is 31.0 Å². The van der Waals surface area contributed by atoms with E-state index in [0.29, 0.717) is 28.6 Å². The van der Waals surface area contributed by atoms with Crippen LogP contribution in [0.4, 0.5) is 0 Å². The molecule has 8 heteroatoms. The molecule has 0 aliphatic carbocycles. The second kappa shape index (κ2) is 8.01. The van der Waals surface area contributed by atoms with E-state index in [4.69, 9.17) is 23.2 Å². The Bertz CT molecular complexity index is 954. The summed E-state index contributed by atoms with van der Waals surface area (Å²) in [6, 6.07) is 12.8. The first-order chi connectivity index (χ1) is 11.9. The third kappa shape index (κ3) is 5.15. The zero-order chi connectivity index (χ0) is 17.9. The number of fused-ring (bicyclic) bond motifs is 1. The Morgan fingerprint density at radius 1 is 1.08 bits per heavy atom. The number of sulfonamides is 1. The third-order valence-corrected chi connectivity index (χ3v) is 6.76. The molecule has 0 spiro atoms. The van der Waals surface area contributed by atoms with Crippen molar-refractivity contribution in [2.75, 3.05) is 6.54 Å². The standard InChI is InChI=1S/C17H16Cl2N2O2S2/c18-13-8-7-12(10-14(13)19)11-25(22,23)20-9-3-6-17-21-15-4-1-2-5-16(15)24-17/h1-2,4-5,7-8,10,20H,3,6,9,11H2. The van der Waals surface area contributed by atoms with Gasteiger partial charge in [-0.25, -0.2) is 18.1 Å². The summed E-state index contributed by atoms with van der Waals surface area (Å²) in [5.74, 6) is -0.120. The highest BCUT2D eigenvalue weighted by Gasteiger charge is 2.12. The fraction of sp³-hybridized carbons (Fsp3) is 0.235.